The van der Waals surface area contributed by atoms with Crippen molar-refractivity contribution in [1.82, 2.24) is 15.0 Å². The number of fused-ring (bicyclic) bond motifs is 1. The lowest BCUT2D eigenvalue weighted by atomic mass is 10.1. The quantitative estimate of drug-likeness (QED) is 0.720. The second-order valence-electron chi connectivity index (χ2n) is 5.90. The van der Waals surface area contributed by atoms with Gasteiger partial charge in [0.2, 0.25) is 5.91 Å². The molecule has 0 bridgehead atoms. The SMILES string of the molecule is CON1CCC(C(=O)N(c2ccccc2)c2ncnc3sccc23)C1. The minimum Gasteiger partial charge on any atom is -0.302 e. The molecule has 1 aromatic carbocycles. The second kappa shape index (κ2) is 6.87. The third kappa shape index (κ3) is 3.02. The van der Waals surface area contributed by atoms with Gasteiger partial charge in [-0.25, -0.2) is 9.97 Å². The number of rotatable bonds is 4. The molecule has 2 aromatic heterocycles. The van der Waals surface area contributed by atoms with Gasteiger partial charge in [0.25, 0.3) is 0 Å². The highest BCUT2D eigenvalue weighted by atomic mass is 32.1. The normalized spacial score (nSPS) is 17.9. The monoisotopic (exact) mass is 354 g/mol. The minimum atomic E-state index is -0.121. The van der Waals surface area contributed by atoms with Gasteiger partial charge in [0, 0.05) is 13.1 Å². The number of hydroxylamine groups is 2. The van der Waals surface area contributed by atoms with Crippen molar-refractivity contribution in [3.05, 3.63) is 48.1 Å². The van der Waals surface area contributed by atoms with Crippen LogP contribution in [0.2, 0.25) is 0 Å². The average Bonchev–Trinajstić information content (AvgIpc) is 3.32. The Labute approximate surface area is 149 Å². The summed E-state index contributed by atoms with van der Waals surface area (Å²) in [5.74, 6) is 0.555. The first kappa shape index (κ1) is 16.1. The molecular formula is C18H18N4O2S. The van der Waals surface area contributed by atoms with Crippen LogP contribution in [0.3, 0.4) is 0 Å². The number of amides is 1. The summed E-state index contributed by atoms with van der Waals surface area (Å²) in [7, 11) is 1.64. The van der Waals surface area contributed by atoms with Crippen molar-refractivity contribution >= 4 is 39.0 Å². The van der Waals surface area contributed by atoms with Crippen LogP contribution in [0.4, 0.5) is 11.5 Å². The van der Waals surface area contributed by atoms with Gasteiger partial charge in [-0.05, 0) is 30.0 Å². The Morgan fingerprint density at radius 3 is 2.88 bits per heavy atom. The Balaban J connectivity index is 1.78. The standard InChI is InChI=1S/C18H18N4O2S/c1-24-21-9-7-13(11-21)18(23)22(14-5-3-2-4-6-14)16-15-8-10-25-17(15)20-12-19-16/h2-6,8,10,12-13H,7,9,11H2,1H3. The van der Waals surface area contributed by atoms with Crippen LogP contribution in [0.25, 0.3) is 10.2 Å². The molecule has 25 heavy (non-hydrogen) atoms. The Hall–Kier alpha value is -2.35. The fourth-order valence-corrected chi connectivity index (χ4v) is 3.89. The minimum absolute atomic E-state index is 0.0388. The zero-order valence-corrected chi connectivity index (χ0v) is 14.6. The van der Waals surface area contributed by atoms with Gasteiger partial charge in [-0.15, -0.1) is 11.3 Å². The molecule has 1 aliphatic heterocycles. The average molecular weight is 354 g/mol. The molecule has 1 unspecified atom stereocenters. The first-order chi connectivity index (χ1) is 12.3. The summed E-state index contributed by atoms with van der Waals surface area (Å²) in [5, 5.41) is 4.69. The van der Waals surface area contributed by atoms with E-state index < -0.39 is 0 Å². The highest BCUT2D eigenvalue weighted by molar-refractivity contribution is 7.16. The topological polar surface area (TPSA) is 58.6 Å². The van der Waals surface area contributed by atoms with E-state index in [1.165, 1.54) is 6.33 Å². The lowest BCUT2D eigenvalue weighted by Gasteiger charge is -2.25. The molecule has 1 amide bonds. The smallest absolute Gasteiger partial charge is 0.237 e. The maximum Gasteiger partial charge on any atom is 0.237 e. The van der Waals surface area contributed by atoms with Crippen molar-refractivity contribution in [3.8, 4) is 0 Å². The van der Waals surface area contributed by atoms with Crippen LogP contribution in [-0.2, 0) is 9.63 Å². The number of para-hydroxylation sites is 1. The summed E-state index contributed by atoms with van der Waals surface area (Å²) in [4.78, 5) is 30.0. The zero-order chi connectivity index (χ0) is 17.2. The van der Waals surface area contributed by atoms with E-state index >= 15 is 0 Å². The Kier molecular flexibility index (Phi) is 4.44. The summed E-state index contributed by atoms with van der Waals surface area (Å²) < 4.78 is 0. The van der Waals surface area contributed by atoms with Crippen molar-refractivity contribution in [2.75, 3.05) is 25.1 Å². The summed E-state index contributed by atoms with van der Waals surface area (Å²) in [6.45, 7) is 1.35. The molecule has 4 rings (SSSR count). The van der Waals surface area contributed by atoms with E-state index in [9.17, 15) is 4.79 Å². The highest BCUT2D eigenvalue weighted by Crippen LogP contribution is 2.34. The fourth-order valence-electron chi connectivity index (χ4n) is 3.16. The fraction of sp³-hybridized carbons (Fsp3) is 0.278. The van der Waals surface area contributed by atoms with E-state index in [-0.39, 0.29) is 11.8 Å². The van der Waals surface area contributed by atoms with Crippen molar-refractivity contribution in [1.29, 1.82) is 0 Å². The summed E-state index contributed by atoms with van der Waals surface area (Å²) in [6.07, 6.45) is 2.29. The summed E-state index contributed by atoms with van der Waals surface area (Å²) in [5.41, 5.74) is 0.814. The van der Waals surface area contributed by atoms with Crippen LogP contribution in [0.5, 0.6) is 0 Å². The molecule has 128 valence electrons. The number of hydrogen-bond donors (Lipinski definition) is 0. The predicted molar refractivity (Wildman–Crippen MR) is 97.7 cm³/mol. The molecule has 0 N–H and O–H groups in total. The lowest BCUT2D eigenvalue weighted by molar-refractivity contribution is -0.128. The molecule has 3 heterocycles. The zero-order valence-electron chi connectivity index (χ0n) is 13.8. The Morgan fingerprint density at radius 2 is 2.12 bits per heavy atom. The van der Waals surface area contributed by atoms with Crippen LogP contribution < -0.4 is 4.90 Å². The van der Waals surface area contributed by atoms with Crippen molar-refractivity contribution in [3.63, 3.8) is 0 Å². The van der Waals surface area contributed by atoms with E-state index in [0.717, 1.165) is 28.9 Å². The van der Waals surface area contributed by atoms with E-state index in [2.05, 4.69) is 9.97 Å². The molecule has 0 aliphatic carbocycles. The molecule has 3 aromatic rings. The van der Waals surface area contributed by atoms with E-state index in [1.807, 2.05) is 46.8 Å². The number of benzene rings is 1. The molecule has 1 fully saturated rings. The first-order valence-electron chi connectivity index (χ1n) is 8.14. The number of carbonyl (C=O) groups is 1. The third-order valence-electron chi connectivity index (χ3n) is 4.45. The van der Waals surface area contributed by atoms with Crippen LogP contribution in [0, 0.1) is 5.92 Å². The van der Waals surface area contributed by atoms with Crippen LogP contribution >= 0.6 is 11.3 Å². The predicted octanol–water partition coefficient (Wildman–Crippen LogP) is 3.24. The molecule has 1 aliphatic rings. The second-order valence-corrected chi connectivity index (χ2v) is 6.80. The van der Waals surface area contributed by atoms with Gasteiger partial charge in [0.15, 0.2) is 5.82 Å². The molecule has 7 heteroatoms. The maximum absolute atomic E-state index is 13.4. The third-order valence-corrected chi connectivity index (χ3v) is 5.27. The van der Waals surface area contributed by atoms with Gasteiger partial charge in [0.05, 0.1) is 24.1 Å². The number of anilines is 2. The first-order valence-corrected chi connectivity index (χ1v) is 9.02. The Bertz CT molecular complexity index is 883. The van der Waals surface area contributed by atoms with E-state index in [0.29, 0.717) is 12.4 Å². The number of nitrogens with zero attached hydrogens (tertiary/aromatic N) is 4. The molecule has 6 nitrogen and oxygen atoms in total. The largest absolute Gasteiger partial charge is 0.302 e. The molecule has 0 saturated carbocycles. The van der Waals surface area contributed by atoms with E-state index in [4.69, 9.17) is 4.84 Å². The van der Waals surface area contributed by atoms with Gasteiger partial charge in [-0.1, -0.05) is 18.2 Å². The summed E-state index contributed by atoms with van der Waals surface area (Å²) >= 11 is 1.54. The molecule has 1 atom stereocenters. The maximum atomic E-state index is 13.4. The number of thiophene rings is 1. The van der Waals surface area contributed by atoms with Gasteiger partial charge in [-0.2, -0.15) is 5.06 Å². The van der Waals surface area contributed by atoms with E-state index in [1.54, 1.807) is 23.3 Å². The number of aromatic nitrogens is 2. The van der Waals surface area contributed by atoms with Gasteiger partial charge >= 0.3 is 0 Å². The molecular weight excluding hydrogens is 336 g/mol. The van der Waals surface area contributed by atoms with Crippen LogP contribution in [0.1, 0.15) is 6.42 Å². The Morgan fingerprint density at radius 1 is 1.28 bits per heavy atom. The number of hydrogen-bond acceptors (Lipinski definition) is 6. The van der Waals surface area contributed by atoms with Gasteiger partial charge in [-0.3, -0.25) is 9.69 Å². The summed E-state index contributed by atoms with van der Waals surface area (Å²) in [6, 6.07) is 11.6. The van der Waals surface area contributed by atoms with Crippen LogP contribution in [-0.4, -0.2) is 41.1 Å². The molecule has 1 saturated heterocycles. The van der Waals surface area contributed by atoms with Gasteiger partial charge < -0.3 is 4.84 Å². The van der Waals surface area contributed by atoms with Crippen molar-refractivity contribution in [2.45, 2.75) is 6.42 Å². The van der Waals surface area contributed by atoms with Crippen molar-refractivity contribution in [2.24, 2.45) is 5.92 Å². The lowest BCUT2D eigenvalue weighted by Crippen LogP contribution is -2.34. The highest BCUT2D eigenvalue weighted by Gasteiger charge is 2.34. The van der Waals surface area contributed by atoms with Crippen LogP contribution in [0.15, 0.2) is 48.1 Å². The number of carbonyl (C=O) groups excluding carboxylic acids is 1. The van der Waals surface area contributed by atoms with Gasteiger partial charge in [0.1, 0.15) is 11.2 Å². The molecule has 0 spiro atoms. The van der Waals surface area contributed by atoms with Crippen molar-refractivity contribution < 1.29 is 9.63 Å². The molecule has 0 radical (unpaired) electrons.